The topological polar surface area (TPSA) is 92.7 Å². The van der Waals surface area contributed by atoms with Crippen molar-refractivity contribution in [2.24, 2.45) is 17.4 Å². The normalized spacial score (nSPS) is 11.5. The van der Waals surface area contributed by atoms with Crippen molar-refractivity contribution in [3.63, 3.8) is 0 Å². The van der Waals surface area contributed by atoms with E-state index in [9.17, 15) is 9.59 Å². The predicted molar refractivity (Wildman–Crippen MR) is 90.2 cm³/mol. The first-order valence-corrected chi connectivity index (χ1v) is 8.40. The minimum atomic E-state index is -0.289. The molecule has 130 valence electrons. The van der Waals surface area contributed by atoms with E-state index in [2.05, 4.69) is 30.6 Å². The molecule has 0 aliphatic rings. The van der Waals surface area contributed by atoms with Crippen molar-refractivity contribution in [1.82, 2.24) is 9.80 Å². The Balaban J connectivity index is 4.43. The Morgan fingerprint density at radius 1 is 0.864 bits per heavy atom. The van der Waals surface area contributed by atoms with Crippen LogP contribution in [0.5, 0.6) is 0 Å². The van der Waals surface area contributed by atoms with E-state index in [0.29, 0.717) is 19.0 Å². The van der Waals surface area contributed by atoms with E-state index in [4.69, 9.17) is 11.5 Å². The maximum atomic E-state index is 11.2. The van der Waals surface area contributed by atoms with E-state index in [1.54, 1.807) is 0 Å². The SMILES string of the molecule is CCCCN(CC(N)=O)CC(C)CN(CCCC)CC(N)=O. The molecule has 0 aromatic rings. The summed E-state index contributed by atoms with van der Waals surface area (Å²) in [6, 6.07) is 0. The molecule has 0 fully saturated rings. The summed E-state index contributed by atoms with van der Waals surface area (Å²) >= 11 is 0. The molecule has 0 rings (SSSR count). The number of carbonyl (C=O) groups is 2. The second-order valence-corrected chi connectivity index (χ2v) is 6.22. The van der Waals surface area contributed by atoms with E-state index < -0.39 is 0 Å². The van der Waals surface area contributed by atoms with Gasteiger partial charge in [0.15, 0.2) is 0 Å². The number of amides is 2. The third kappa shape index (κ3) is 11.5. The summed E-state index contributed by atoms with van der Waals surface area (Å²) in [5.41, 5.74) is 10.6. The number of primary amides is 2. The molecular weight excluding hydrogens is 280 g/mol. The number of rotatable bonds is 14. The molecule has 6 heteroatoms. The fraction of sp³-hybridized carbons (Fsp3) is 0.875. The lowest BCUT2D eigenvalue weighted by Crippen LogP contribution is -2.42. The first-order valence-electron chi connectivity index (χ1n) is 8.40. The van der Waals surface area contributed by atoms with Crippen molar-refractivity contribution in [1.29, 1.82) is 0 Å². The number of nitrogens with zero attached hydrogens (tertiary/aromatic N) is 2. The smallest absolute Gasteiger partial charge is 0.231 e. The van der Waals surface area contributed by atoms with Crippen LogP contribution in [0.2, 0.25) is 0 Å². The predicted octanol–water partition coefficient (Wildman–Crippen LogP) is 0.797. The number of hydrogen-bond donors (Lipinski definition) is 2. The van der Waals surface area contributed by atoms with E-state index >= 15 is 0 Å². The highest BCUT2D eigenvalue weighted by molar-refractivity contribution is 5.76. The number of nitrogens with two attached hydrogens (primary N) is 2. The Morgan fingerprint density at radius 3 is 1.50 bits per heavy atom. The zero-order valence-electron chi connectivity index (χ0n) is 14.5. The fourth-order valence-corrected chi connectivity index (χ4v) is 2.61. The number of unbranched alkanes of at least 4 members (excludes halogenated alkanes) is 2. The highest BCUT2D eigenvalue weighted by Gasteiger charge is 2.16. The molecule has 0 bridgehead atoms. The van der Waals surface area contributed by atoms with Crippen LogP contribution in [0, 0.1) is 5.92 Å². The highest BCUT2D eigenvalue weighted by Crippen LogP contribution is 2.06. The van der Waals surface area contributed by atoms with E-state index in [1.807, 2.05) is 0 Å². The van der Waals surface area contributed by atoms with Crippen LogP contribution in [-0.2, 0) is 9.59 Å². The van der Waals surface area contributed by atoms with Crippen molar-refractivity contribution in [2.45, 2.75) is 46.5 Å². The fourth-order valence-electron chi connectivity index (χ4n) is 2.61. The lowest BCUT2D eigenvalue weighted by atomic mass is 10.1. The Kier molecular flexibility index (Phi) is 11.8. The van der Waals surface area contributed by atoms with Crippen molar-refractivity contribution >= 4 is 11.8 Å². The summed E-state index contributed by atoms with van der Waals surface area (Å²) in [6.45, 7) is 10.4. The lowest BCUT2D eigenvalue weighted by Gasteiger charge is -2.28. The molecule has 0 saturated carbocycles. The summed E-state index contributed by atoms with van der Waals surface area (Å²) in [4.78, 5) is 26.6. The van der Waals surface area contributed by atoms with Crippen LogP contribution in [-0.4, -0.2) is 60.9 Å². The number of carbonyl (C=O) groups excluding carboxylic acids is 2. The van der Waals surface area contributed by atoms with Gasteiger partial charge in [-0.25, -0.2) is 0 Å². The minimum Gasteiger partial charge on any atom is -0.369 e. The Bertz CT molecular complexity index is 293. The van der Waals surface area contributed by atoms with Gasteiger partial charge >= 0.3 is 0 Å². The summed E-state index contributed by atoms with van der Waals surface area (Å²) in [6.07, 6.45) is 4.30. The maximum Gasteiger partial charge on any atom is 0.231 e. The molecular formula is C16H34N4O2. The molecule has 0 radical (unpaired) electrons. The van der Waals surface area contributed by atoms with Gasteiger partial charge in [-0.1, -0.05) is 33.6 Å². The molecule has 0 spiro atoms. The molecule has 6 nitrogen and oxygen atoms in total. The van der Waals surface area contributed by atoms with E-state index in [0.717, 1.165) is 51.9 Å². The van der Waals surface area contributed by atoms with Crippen molar-refractivity contribution in [2.75, 3.05) is 39.3 Å². The molecule has 0 aliphatic carbocycles. The van der Waals surface area contributed by atoms with Gasteiger partial charge in [0.05, 0.1) is 13.1 Å². The van der Waals surface area contributed by atoms with Crippen LogP contribution in [0.4, 0.5) is 0 Å². The molecule has 0 aliphatic heterocycles. The van der Waals surface area contributed by atoms with Crippen LogP contribution >= 0.6 is 0 Å². The van der Waals surface area contributed by atoms with Gasteiger partial charge in [0.25, 0.3) is 0 Å². The third-order valence-electron chi connectivity index (χ3n) is 3.55. The summed E-state index contributed by atoms with van der Waals surface area (Å²) < 4.78 is 0. The monoisotopic (exact) mass is 314 g/mol. The molecule has 0 atom stereocenters. The van der Waals surface area contributed by atoms with Crippen molar-refractivity contribution in [3.05, 3.63) is 0 Å². The molecule has 4 N–H and O–H groups in total. The van der Waals surface area contributed by atoms with Crippen LogP contribution in [0.3, 0.4) is 0 Å². The summed E-state index contributed by atoms with van der Waals surface area (Å²) in [7, 11) is 0. The van der Waals surface area contributed by atoms with Gasteiger partial charge in [0.1, 0.15) is 0 Å². The van der Waals surface area contributed by atoms with Gasteiger partial charge in [-0.15, -0.1) is 0 Å². The maximum absolute atomic E-state index is 11.2. The van der Waals surface area contributed by atoms with Gasteiger partial charge < -0.3 is 11.5 Å². The lowest BCUT2D eigenvalue weighted by molar-refractivity contribution is -0.119. The molecule has 22 heavy (non-hydrogen) atoms. The molecule has 0 unspecified atom stereocenters. The average molecular weight is 314 g/mol. The Morgan fingerprint density at radius 2 is 1.23 bits per heavy atom. The molecule has 0 aromatic carbocycles. The summed E-state index contributed by atoms with van der Waals surface area (Å²) in [5.74, 6) is -0.223. The quantitative estimate of drug-likeness (QED) is 0.496. The van der Waals surface area contributed by atoms with Gasteiger partial charge in [0, 0.05) is 13.1 Å². The van der Waals surface area contributed by atoms with Gasteiger partial charge in [-0.05, 0) is 31.8 Å². The molecule has 2 amide bonds. The molecule has 0 heterocycles. The van der Waals surface area contributed by atoms with Crippen molar-refractivity contribution < 1.29 is 9.59 Å². The van der Waals surface area contributed by atoms with Crippen molar-refractivity contribution in [3.8, 4) is 0 Å². The third-order valence-corrected chi connectivity index (χ3v) is 3.55. The van der Waals surface area contributed by atoms with Crippen LogP contribution < -0.4 is 11.5 Å². The summed E-state index contributed by atoms with van der Waals surface area (Å²) in [5, 5.41) is 0. The Labute approximate surface area is 135 Å². The molecule has 0 aromatic heterocycles. The largest absolute Gasteiger partial charge is 0.369 e. The second kappa shape index (κ2) is 12.4. The Hall–Kier alpha value is -1.14. The van der Waals surface area contributed by atoms with Gasteiger partial charge in [-0.3, -0.25) is 19.4 Å². The standard InChI is InChI=1S/C16H34N4O2/c1-4-6-8-19(12-15(17)21)10-14(3)11-20(9-7-5-2)13-16(18)22/h14H,4-13H2,1-3H3,(H2,17,21)(H2,18,22). The van der Waals surface area contributed by atoms with E-state index in [-0.39, 0.29) is 11.8 Å². The van der Waals surface area contributed by atoms with Gasteiger partial charge in [0.2, 0.25) is 11.8 Å². The zero-order chi connectivity index (χ0) is 17.0. The van der Waals surface area contributed by atoms with Crippen LogP contribution in [0.25, 0.3) is 0 Å². The zero-order valence-corrected chi connectivity index (χ0v) is 14.5. The van der Waals surface area contributed by atoms with Gasteiger partial charge in [-0.2, -0.15) is 0 Å². The van der Waals surface area contributed by atoms with Crippen LogP contribution in [0.15, 0.2) is 0 Å². The average Bonchev–Trinajstić information content (AvgIpc) is 2.40. The second-order valence-electron chi connectivity index (χ2n) is 6.22. The first kappa shape index (κ1) is 20.9. The number of hydrogen-bond acceptors (Lipinski definition) is 4. The highest BCUT2D eigenvalue weighted by atomic mass is 16.1. The minimum absolute atomic E-state index is 0.289. The van der Waals surface area contributed by atoms with Crippen LogP contribution in [0.1, 0.15) is 46.5 Å². The molecule has 0 saturated heterocycles. The first-order chi connectivity index (χ1) is 10.4. The van der Waals surface area contributed by atoms with E-state index in [1.165, 1.54) is 0 Å².